The predicted molar refractivity (Wildman–Crippen MR) is 113 cm³/mol. The van der Waals surface area contributed by atoms with E-state index in [9.17, 15) is 9.59 Å². The summed E-state index contributed by atoms with van der Waals surface area (Å²) in [4.78, 5) is 35.9. The van der Waals surface area contributed by atoms with Gasteiger partial charge >= 0.3 is 6.03 Å². The third-order valence-electron chi connectivity index (χ3n) is 5.38. The van der Waals surface area contributed by atoms with Gasteiger partial charge < -0.3 is 28.6 Å². The van der Waals surface area contributed by atoms with Gasteiger partial charge in [0.15, 0.2) is 5.69 Å². The first kappa shape index (κ1) is 22.0. The number of amides is 3. The summed E-state index contributed by atoms with van der Waals surface area (Å²) in [5.41, 5.74) is 1.13. The predicted octanol–water partition coefficient (Wildman–Crippen LogP) is 1.89. The van der Waals surface area contributed by atoms with E-state index in [0.717, 1.165) is 24.2 Å². The van der Waals surface area contributed by atoms with Crippen molar-refractivity contribution in [3.63, 3.8) is 0 Å². The molecule has 164 valence electrons. The maximum Gasteiger partial charge on any atom is 0.320 e. The number of rotatable bonds is 8. The number of carbonyl (C=O) groups is 2. The number of aromatic nitrogens is 2. The van der Waals surface area contributed by atoms with Gasteiger partial charge in [-0.1, -0.05) is 6.07 Å². The molecule has 9 heteroatoms. The lowest BCUT2D eigenvalue weighted by Gasteiger charge is -2.27. The number of ether oxygens (including phenoxy) is 2. The normalized spacial score (nSPS) is 16.3. The van der Waals surface area contributed by atoms with Gasteiger partial charge in [-0.05, 0) is 25.0 Å². The number of hydrogen-bond donors (Lipinski definition) is 0. The van der Waals surface area contributed by atoms with Crippen LogP contribution in [-0.4, -0.2) is 97.2 Å². The van der Waals surface area contributed by atoms with Crippen LogP contribution >= 0.6 is 0 Å². The summed E-state index contributed by atoms with van der Waals surface area (Å²) >= 11 is 0. The fraction of sp³-hybridized carbons (Fsp3) is 0.571. The Morgan fingerprint density at radius 3 is 2.50 bits per heavy atom. The van der Waals surface area contributed by atoms with E-state index in [4.69, 9.17) is 14.5 Å². The fourth-order valence-electron chi connectivity index (χ4n) is 3.84. The molecule has 1 atom stereocenters. The molecule has 2 aromatic heterocycles. The molecule has 0 aromatic carbocycles. The van der Waals surface area contributed by atoms with Gasteiger partial charge in [0.1, 0.15) is 5.82 Å². The van der Waals surface area contributed by atoms with E-state index < -0.39 is 0 Å². The van der Waals surface area contributed by atoms with E-state index in [1.54, 1.807) is 38.1 Å². The number of methoxy groups -OCH3 is 2. The third kappa shape index (κ3) is 4.41. The van der Waals surface area contributed by atoms with Crippen LogP contribution in [0.3, 0.4) is 0 Å². The topological polar surface area (TPSA) is 79.6 Å². The van der Waals surface area contributed by atoms with Gasteiger partial charge in [-0.15, -0.1) is 0 Å². The van der Waals surface area contributed by atoms with Gasteiger partial charge in [0.25, 0.3) is 5.91 Å². The van der Waals surface area contributed by atoms with Gasteiger partial charge in [0.05, 0.1) is 24.8 Å². The average molecular weight is 418 g/mol. The molecular formula is C21H31N5O4. The average Bonchev–Trinajstić information content (AvgIpc) is 3.37. The van der Waals surface area contributed by atoms with Gasteiger partial charge in [-0.3, -0.25) is 4.79 Å². The van der Waals surface area contributed by atoms with Crippen LogP contribution in [0.25, 0.3) is 5.52 Å². The SMILES string of the molecule is COCCN(CCOC)C(=O)c1nc([C@H]2CCCN2C(=O)N(C)C)n2ccccc12. The summed E-state index contributed by atoms with van der Waals surface area (Å²) in [6.07, 6.45) is 3.63. The standard InChI is InChI=1S/C21H31N5O4/c1-23(2)21(28)26-11-7-9-17(26)19-22-18(16-8-5-6-10-25(16)19)20(27)24(12-14-29-3)13-15-30-4/h5-6,8,10,17H,7,9,11-15H2,1-4H3/t17-/m1/s1. The third-order valence-corrected chi connectivity index (χ3v) is 5.38. The highest BCUT2D eigenvalue weighted by Crippen LogP contribution is 2.33. The number of urea groups is 1. The smallest absolute Gasteiger partial charge is 0.320 e. The lowest BCUT2D eigenvalue weighted by atomic mass is 10.2. The quantitative estimate of drug-likeness (QED) is 0.655. The summed E-state index contributed by atoms with van der Waals surface area (Å²) in [6.45, 7) is 2.45. The maximum atomic E-state index is 13.4. The van der Waals surface area contributed by atoms with Crippen molar-refractivity contribution in [3.05, 3.63) is 35.9 Å². The van der Waals surface area contributed by atoms with E-state index >= 15 is 0 Å². The highest BCUT2D eigenvalue weighted by Gasteiger charge is 2.35. The molecule has 0 aliphatic carbocycles. The zero-order chi connectivity index (χ0) is 21.7. The van der Waals surface area contributed by atoms with Crippen molar-refractivity contribution in [1.29, 1.82) is 0 Å². The highest BCUT2D eigenvalue weighted by atomic mass is 16.5. The van der Waals surface area contributed by atoms with E-state index in [1.165, 1.54) is 0 Å². The first-order valence-electron chi connectivity index (χ1n) is 10.2. The summed E-state index contributed by atoms with van der Waals surface area (Å²) < 4.78 is 12.3. The van der Waals surface area contributed by atoms with Gasteiger partial charge in [-0.25, -0.2) is 9.78 Å². The van der Waals surface area contributed by atoms with E-state index in [2.05, 4.69) is 0 Å². The molecule has 2 aromatic rings. The van der Waals surface area contributed by atoms with Crippen LogP contribution in [0.15, 0.2) is 24.4 Å². The Bertz CT molecular complexity index is 873. The molecule has 0 unspecified atom stereocenters. The summed E-state index contributed by atoms with van der Waals surface area (Å²) in [5, 5.41) is 0. The lowest BCUT2D eigenvalue weighted by Crippen LogP contribution is -2.39. The summed E-state index contributed by atoms with van der Waals surface area (Å²) in [5.74, 6) is 0.558. The molecule has 1 aliphatic heterocycles. The Hall–Kier alpha value is -2.65. The van der Waals surface area contributed by atoms with E-state index in [0.29, 0.717) is 38.5 Å². The van der Waals surface area contributed by atoms with Gasteiger partial charge in [0, 0.05) is 54.1 Å². The molecular weight excluding hydrogens is 386 g/mol. The van der Waals surface area contributed by atoms with Gasteiger partial charge in [0.2, 0.25) is 0 Å². The van der Waals surface area contributed by atoms with Crippen molar-refractivity contribution in [3.8, 4) is 0 Å². The van der Waals surface area contributed by atoms with Crippen LogP contribution in [0, 0.1) is 0 Å². The molecule has 3 rings (SSSR count). The fourth-order valence-corrected chi connectivity index (χ4v) is 3.84. The van der Waals surface area contributed by atoms with E-state index in [-0.39, 0.29) is 18.0 Å². The molecule has 9 nitrogen and oxygen atoms in total. The Balaban J connectivity index is 1.99. The van der Waals surface area contributed by atoms with Crippen LogP contribution in [0.4, 0.5) is 4.79 Å². The second-order valence-electron chi connectivity index (χ2n) is 7.58. The Morgan fingerprint density at radius 1 is 1.17 bits per heavy atom. The van der Waals surface area contributed by atoms with Crippen LogP contribution in [0.2, 0.25) is 0 Å². The molecule has 3 amide bonds. The van der Waals surface area contributed by atoms with Crippen LogP contribution < -0.4 is 0 Å². The molecule has 0 spiro atoms. The van der Waals surface area contributed by atoms with Crippen molar-refractivity contribution in [1.82, 2.24) is 24.1 Å². The maximum absolute atomic E-state index is 13.4. The summed E-state index contributed by atoms with van der Waals surface area (Å²) in [7, 11) is 6.72. The molecule has 0 N–H and O–H groups in total. The molecule has 1 aliphatic rings. The second kappa shape index (κ2) is 9.90. The number of imidazole rings is 1. The monoisotopic (exact) mass is 417 g/mol. The molecule has 0 saturated carbocycles. The first-order valence-corrected chi connectivity index (χ1v) is 10.2. The molecule has 30 heavy (non-hydrogen) atoms. The minimum absolute atomic E-state index is 0.0418. The van der Waals surface area contributed by atoms with Gasteiger partial charge in [-0.2, -0.15) is 0 Å². The number of carbonyl (C=O) groups excluding carboxylic acids is 2. The van der Waals surface area contributed by atoms with Crippen molar-refractivity contribution in [2.75, 3.05) is 61.2 Å². The molecule has 1 fully saturated rings. The minimum atomic E-state index is -0.164. The number of fused-ring (bicyclic) bond motifs is 1. The van der Waals surface area contributed by atoms with Crippen molar-refractivity contribution in [2.45, 2.75) is 18.9 Å². The van der Waals surface area contributed by atoms with Crippen molar-refractivity contribution in [2.24, 2.45) is 0 Å². The van der Waals surface area contributed by atoms with Crippen LogP contribution in [0.1, 0.15) is 35.2 Å². The Kier molecular flexibility index (Phi) is 7.28. The second-order valence-corrected chi connectivity index (χ2v) is 7.58. The number of hydrogen-bond acceptors (Lipinski definition) is 5. The highest BCUT2D eigenvalue weighted by molar-refractivity contribution is 5.99. The minimum Gasteiger partial charge on any atom is -0.383 e. The lowest BCUT2D eigenvalue weighted by molar-refractivity contribution is 0.0624. The number of pyridine rings is 1. The molecule has 0 bridgehead atoms. The van der Waals surface area contributed by atoms with E-state index in [1.807, 2.05) is 33.7 Å². The number of nitrogens with zero attached hydrogens (tertiary/aromatic N) is 5. The molecule has 3 heterocycles. The molecule has 1 saturated heterocycles. The Morgan fingerprint density at radius 2 is 1.87 bits per heavy atom. The van der Waals surface area contributed by atoms with Crippen molar-refractivity contribution < 1.29 is 19.1 Å². The zero-order valence-electron chi connectivity index (χ0n) is 18.2. The van der Waals surface area contributed by atoms with Crippen LogP contribution in [-0.2, 0) is 9.47 Å². The van der Waals surface area contributed by atoms with Crippen LogP contribution in [0.5, 0.6) is 0 Å². The first-order chi connectivity index (χ1) is 14.5. The summed E-state index contributed by atoms with van der Waals surface area (Å²) in [6, 6.07) is 5.49. The zero-order valence-corrected chi connectivity index (χ0v) is 18.2. The van der Waals surface area contributed by atoms with Crippen molar-refractivity contribution >= 4 is 17.5 Å². The largest absolute Gasteiger partial charge is 0.383 e. The molecule has 0 radical (unpaired) electrons. The number of likely N-dealkylation sites (tertiary alicyclic amines) is 1. The Labute approximate surface area is 177 Å².